The first-order valence-corrected chi connectivity index (χ1v) is 10.0. The molecule has 0 unspecified atom stereocenters. The second-order valence-electron chi connectivity index (χ2n) is 5.45. The summed E-state index contributed by atoms with van der Waals surface area (Å²) >= 11 is 0. The number of likely N-dealkylation sites (tertiary alicyclic amines) is 1. The molecule has 2 N–H and O–H groups in total. The number of hydrogen-bond acceptors (Lipinski definition) is 5. The van der Waals surface area contributed by atoms with Gasteiger partial charge in [0.1, 0.15) is 16.4 Å². The van der Waals surface area contributed by atoms with Gasteiger partial charge in [0.25, 0.3) is 0 Å². The van der Waals surface area contributed by atoms with Gasteiger partial charge in [0.05, 0.1) is 19.0 Å². The minimum atomic E-state index is -2.99. The van der Waals surface area contributed by atoms with Crippen LogP contribution in [-0.4, -0.2) is 83.1 Å². The summed E-state index contributed by atoms with van der Waals surface area (Å²) in [6.45, 7) is 5.47. The maximum absolute atomic E-state index is 11.9. The number of ether oxygens (including phenoxy) is 1. The Bertz CT molecular complexity index is 493. The quantitative estimate of drug-likeness (QED) is 0.208. The predicted molar refractivity (Wildman–Crippen MR) is 106 cm³/mol. The van der Waals surface area contributed by atoms with Gasteiger partial charge in [-0.25, -0.2) is 13.4 Å². The van der Waals surface area contributed by atoms with Gasteiger partial charge in [0.2, 0.25) is 5.91 Å². The smallest absolute Gasteiger partial charge is 0.244 e. The molecule has 0 aromatic rings. The summed E-state index contributed by atoms with van der Waals surface area (Å²) in [4.78, 5) is 18.0. The standard InChI is InChI=1S/C14H28N4O4S.HI/c1-3-15-14(16-6-9-22-10-11-23(2,20)21)17-12-13(19)18-7-4-5-8-18;/h3-12H2,1-2H3,(H2,15,16,17);1H. The van der Waals surface area contributed by atoms with E-state index in [-0.39, 0.29) is 48.8 Å². The van der Waals surface area contributed by atoms with Gasteiger partial charge in [-0.15, -0.1) is 24.0 Å². The number of nitrogens with one attached hydrogen (secondary N) is 2. The highest BCUT2D eigenvalue weighted by atomic mass is 127. The van der Waals surface area contributed by atoms with Crippen molar-refractivity contribution in [2.24, 2.45) is 4.99 Å². The van der Waals surface area contributed by atoms with Gasteiger partial charge in [-0.1, -0.05) is 0 Å². The van der Waals surface area contributed by atoms with Crippen molar-refractivity contribution in [1.29, 1.82) is 0 Å². The summed E-state index contributed by atoms with van der Waals surface area (Å²) in [7, 11) is -2.99. The molecule has 1 rings (SSSR count). The van der Waals surface area contributed by atoms with Crippen LogP contribution in [0.2, 0.25) is 0 Å². The monoisotopic (exact) mass is 476 g/mol. The molecule has 1 heterocycles. The number of sulfone groups is 1. The summed E-state index contributed by atoms with van der Waals surface area (Å²) in [5.41, 5.74) is 0. The molecular formula is C14H29IN4O4S. The second kappa shape index (κ2) is 12.7. The largest absolute Gasteiger partial charge is 0.379 e. The number of rotatable bonds is 9. The van der Waals surface area contributed by atoms with Crippen LogP contribution in [0.15, 0.2) is 4.99 Å². The number of carbonyl (C=O) groups is 1. The molecule has 24 heavy (non-hydrogen) atoms. The normalized spacial score (nSPS) is 15.1. The lowest BCUT2D eigenvalue weighted by Crippen LogP contribution is -2.40. The summed E-state index contributed by atoms with van der Waals surface area (Å²) in [6.07, 6.45) is 3.32. The first kappa shape index (κ1) is 23.4. The summed E-state index contributed by atoms with van der Waals surface area (Å²) in [5.74, 6) is 0.627. The van der Waals surface area contributed by atoms with Crippen molar-refractivity contribution < 1.29 is 17.9 Å². The molecule has 0 radical (unpaired) electrons. The molecule has 0 saturated carbocycles. The van der Waals surface area contributed by atoms with E-state index in [1.165, 1.54) is 6.26 Å². The predicted octanol–water partition coefficient (Wildman–Crippen LogP) is -0.157. The Morgan fingerprint density at radius 2 is 1.88 bits per heavy atom. The molecule has 142 valence electrons. The number of halogens is 1. The Balaban J connectivity index is 0.00000529. The third kappa shape index (κ3) is 11.0. The van der Waals surface area contributed by atoms with Crippen molar-refractivity contribution in [2.45, 2.75) is 19.8 Å². The van der Waals surface area contributed by atoms with E-state index in [9.17, 15) is 13.2 Å². The SMILES string of the molecule is CCNC(=NCC(=O)N1CCCC1)NCCOCCS(C)(=O)=O.I. The fourth-order valence-corrected chi connectivity index (χ4v) is 2.53. The molecule has 10 heteroatoms. The van der Waals surface area contributed by atoms with E-state index in [0.29, 0.717) is 25.7 Å². The highest BCUT2D eigenvalue weighted by Gasteiger charge is 2.17. The first-order valence-electron chi connectivity index (χ1n) is 7.98. The summed E-state index contributed by atoms with van der Waals surface area (Å²) in [6, 6.07) is 0. The third-order valence-electron chi connectivity index (χ3n) is 3.31. The van der Waals surface area contributed by atoms with Crippen molar-refractivity contribution in [3.05, 3.63) is 0 Å². The number of hydrogen-bond donors (Lipinski definition) is 2. The molecule has 0 aromatic heterocycles. The number of amides is 1. The van der Waals surface area contributed by atoms with Crippen LogP contribution < -0.4 is 10.6 Å². The Morgan fingerprint density at radius 1 is 1.21 bits per heavy atom. The minimum Gasteiger partial charge on any atom is -0.379 e. The van der Waals surface area contributed by atoms with Gasteiger partial charge in [0, 0.05) is 32.4 Å². The first-order chi connectivity index (χ1) is 10.9. The van der Waals surface area contributed by atoms with Gasteiger partial charge in [-0.3, -0.25) is 4.79 Å². The van der Waals surface area contributed by atoms with Crippen molar-refractivity contribution in [2.75, 3.05) is 57.9 Å². The Hall–Kier alpha value is -0.620. The molecule has 0 aromatic carbocycles. The van der Waals surface area contributed by atoms with Crippen molar-refractivity contribution >= 4 is 45.7 Å². The molecule has 0 aliphatic carbocycles. The average molecular weight is 476 g/mol. The lowest BCUT2D eigenvalue weighted by molar-refractivity contribution is -0.128. The molecule has 1 aliphatic heterocycles. The molecule has 1 fully saturated rings. The summed E-state index contributed by atoms with van der Waals surface area (Å²) < 4.78 is 27.2. The zero-order chi connectivity index (χ0) is 17.1. The van der Waals surface area contributed by atoms with E-state index >= 15 is 0 Å². The number of nitrogens with zero attached hydrogens (tertiary/aromatic N) is 2. The number of carbonyl (C=O) groups excluding carboxylic acids is 1. The molecule has 0 spiro atoms. The highest BCUT2D eigenvalue weighted by molar-refractivity contribution is 14.0. The van der Waals surface area contributed by atoms with E-state index in [0.717, 1.165) is 25.9 Å². The van der Waals surface area contributed by atoms with Gasteiger partial charge in [-0.05, 0) is 19.8 Å². The fraction of sp³-hybridized carbons (Fsp3) is 0.857. The van der Waals surface area contributed by atoms with Gasteiger partial charge in [0.15, 0.2) is 5.96 Å². The fourth-order valence-electron chi connectivity index (χ4n) is 2.11. The second-order valence-corrected chi connectivity index (χ2v) is 7.71. The molecule has 8 nitrogen and oxygen atoms in total. The molecular weight excluding hydrogens is 447 g/mol. The van der Waals surface area contributed by atoms with E-state index in [1.807, 2.05) is 11.8 Å². The van der Waals surface area contributed by atoms with Crippen molar-refractivity contribution in [3.63, 3.8) is 0 Å². The van der Waals surface area contributed by atoms with Crippen LogP contribution in [0.4, 0.5) is 0 Å². The lowest BCUT2D eigenvalue weighted by Gasteiger charge is -2.15. The Labute approximate surface area is 161 Å². The van der Waals surface area contributed by atoms with E-state index in [1.54, 1.807) is 0 Å². The average Bonchev–Trinajstić information content (AvgIpc) is 3.01. The van der Waals surface area contributed by atoms with E-state index in [2.05, 4.69) is 15.6 Å². The third-order valence-corrected chi connectivity index (χ3v) is 4.22. The molecule has 1 amide bonds. The van der Waals surface area contributed by atoms with Crippen molar-refractivity contribution in [3.8, 4) is 0 Å². The Kier molecular flexibility index (Phi) is 12.4. The number of aliphatic imine (C=N–C) groups is 1. The molecule has 0 bridgehead atoms. The van der Waals surface area contributed by atoms with Crippen LogP contribution >= 0.6 is 24.0 Å². The van der Waals surface area contributed by atoms with E-state index < -0.39 is 9.84 Å². The van der Waals surface area contributed by atoms with Gasteiger partial charge < -0.3 is 20.3 Å². The van der Waals surface area contributed by atoms with Gasteiger partial charge >= 0.3 is 0 Å². The maximum atomic E-state index is 11.9. The summed E-state index contributed by atoms with van der Waals surface area (Å²) in [5, 5.41) is 6.12. The Morgan fingerprint density at radius 3 is 2.46 bits per heavy atom. The van der Waals surface area contributed by atoms with Crippen LogP contribution in [0.25, 0.3) is 0 Å². The zero-order valence-electron chi connectivity index (χ0n) is 14.4. The van der Waals surface area contributed by atoms with Gasteiger partial charge in [-0.2, -0.15) is 0 Å². The van der Waals surface area contributed by atoms with Crippen LogP contribution in [0, 0.1) is 0 Å². The van der Waals surface area contributed by atoms with Crippen LogP contribution in [0.5, 0.6) is 0 Å². The lowest BCUT2D eigenvalue weighted by atomic mass is 10.4. The highest BCUT2D eigenvalue weighted by Crippen LogP contribution is 2.07. The van der Waals surface area contributed by atoms with E-state index in [4.69, 9.17) is 4.74 Å². The van der Waals surface area contributed by atoms with Crippen LogP contribution in [-0.2, 0) is 19.4 Å². The minimum absolute atomic E-state index is 0. The molecule has 0 atom stereocenters. The molecule has 1 aliphatic rings. The molecule has 1 saturated heterocycles. The zero-order valence-corrected chi connectivity index (χ0v) is 17.6. The maximum Gasteiger partial charge on any atom is 0.244 e. The topological polar surface area (TPSA) is 100 Å². The van der Waals surface area contributed by atoms with Crippen LogP contribution in [0.3, 0.4) is 0 Å². The number of guanidine groups is 1. The van der Waals surface area contributed by atoms with Crippen LogP contribution in [0.1, 0.15) is 19.8 Å². The van der Waals surface area contributed by atoms with Crippen molar-refractivity contribution in [1.82, 2.24) is 15.5 Å².